The topological polar surface area (TPSA) is 50.4 Å². The fourth-order valence-corrected chi connectivity index (χ4v) is 3.27. The maximum Gasteiger partial charge on any atom is 0.253 e. The molecule has 1 saturated heterocycles. The molecule has 0 bridgehead atoms. The molecule has 0 aliphatic carbocycles. The average Bonchev–Trinajstić information content (AvgIpc) is 2.53. The highest BCUT2D eigenvalue weighted by molar-refractivity contribution is 5.82. The summed E-state index contributed by atoms with van der Waals surface area (Å²) < 4.78 is 5.71. The second-order valence-electron chi connectivity index (χ2n) is 6.51. The van der Waals surface area contributed by atoms with Crippen molar-refractivity contribution in [2.24, 2.45) is 5.41 Å². The molecule has 2 heterocycles. The summed E-state index contributed by atoms with van der Waals surface area (Å²) in [5.41, 5.74) is 2.41. The Labute approximate surface area is 126 Å². The minimum Gasteiger partial charge on any atom is -0.363 e. The lowest BCUT2D eigenvalue weighted by molar-refractivity contribution is -0.134. The van der Waals surface area contributed by atoms with Crippen molar-refractivity contribution in [2.75, 3.05) is 26.2 Å². The molecule has 0 aromatic heterocycles. The Kier molecular flexibility index (Phi) is 4.27. The number of hydrogen-bond donors (Lipinski definition) is 2. The van der Waals surface area contributed by atoms with Gasteiger partial charge in [-0.15, -0.1) is 0 Å². The molecule has 2 aliphatic heterocycles. The molecular weight excluding hydrogens is 264 g/mol. The number of amides is 1. The van der Waals surface area contributed by atoms with Crippen LogP contribution in [0.25, 0.3) is 0 Å². The highest BCUT2D eigenvalue weighted by atomic mass is 16.5. The van der Waals surface area contributed by atoms with Crippen molar-refractivity contribution in [2.45, 2.75) is 32.3 Å². The average molecular weight is 288 g/mol. The Hall–Kier alpha value is -1.39. The summed E-state index contributed by atoms with van der Waals surface area (Å²) in [6, 6.07) is 8.08. The number of carbonyl (C=O) groups is 1. The van der Waals surface area contributed by atoms with Crippen LogP contribution in [0.1, 0.15) is 37.0 Å². The smallest absolute Gasteiger partial charge is 0.253 e. The second kappa shape index (κ2) is 6.16. The van der Waals surface area contributed by atoms with Gasteiger partial charge in [0.15, 0.2) is 6.10 Å². The maximum absolute atomic E-state index is 12.5. The van der Waals surface area contributed by atoms with Gasteiger partial charge in [-0.3, -0.25) is 4.79 Å². The number of ether oxygens (including phenoxy) is 1. The van der Waals surface area contributed by atoms with E-state index in [-0.39, 0.29) is 11.3 Å². The molecule has 2 N–H and O–H groups in total. The first kappa shape index (κ1) is 14.5. The summed E-state index contributed by atoms with van der Waals surface area (Å²) in [4.78, 5) is 12.5. The van der Waals surface area contributed by atoms with Gasteiger partial charge in [0.05, 0.1) is 6.61 Å². The number of carbonyl (C=O) groups excluding carboxylic acids is 1. The number of hydrogen-bond acceptors (Lipinski definition) is 3. The van der Waals surface area contributed by atoms with E-state index in [2.05, 4.69) is 23.6 Å². The quantitative estimate of drug-likeness (QED) is 0.892. The van der Waals surface area contributed by atoms with Crippen molar-refractivity contribution < 1.29 is 9.53 Å². The molecule has 2 atom stereocenters. The van der Waals surface area contributed by atoms with Gasteiger partial charge in [0.1, 0.15) is 0 Å². The summed E-state index contributed by atoms with van der Waals surface area (Å²) in [6.45, 7) is 5.61. The molecular formula is C17H24N2O2. The van der Waals surface area contributed by atoms with Gasteiger partial charge >= 0.3 is 0 Å². The maximum atomic E-state index is 12.5. The van der Waals surface area contributed by atoms with Crippen LogP contribution in [0.5, 0.6) is 0 Å². The first-order chi connectivity index (χ1) is 10.2. The van der Waals surface area contributed by atoms with Crippen molar-refractivity contribution in [1.82, 2.24) is 10.6 Å². The third-order valence-corrected chi connectivity index (χ3v) is 4.61. The van der Waals surface area contributed by atoms with Crippen LogP contribution in [0.4, 0.5) is 0 Å². The second-order valence-corrected chi connectivity index (χ2v) is 6.51. The van der Waals surface area contributed by atoms with Gasteiger partial charge in [-0.25, -0.2) is 0 Å². The monoisotopic (exact) mass is 288 g/mol. The zero-order valence-corrected chi connectivity index (χ0v) is 12.7. The van der Waals surface area contributed by atoms with Gasteiger partial charge in [0.2, 0.25) is 0 Å². The van der Waals surface area contributed by atoms with Gasteiger partial charge < -0.3 is 15.4 Å². The number of benzene rings is 1. The molecule has 2 unspecified atom stereocenters. The molecule has 0 radical (unpaired) electrons. The normalized spacial score (nSPS) is 28.7. The van der Waals surface area contributed by atoms with Crippen LogP contribution in [0.15, 0.2) is 24.3 Å². The van der Waals surface area contributed by atoms with Crippen LogP contribution >= 0.6 is 0 Å². The van der Waals surface area contributed by atoms with Crippen LogP contribution < -0.4 is 10.6 Å². The van der Waals surface area contributed by atoms with E-state index >= 15 is 0 Å². The Morgan fingerprint density at radius 3 is 3.14 bits per heavy atom. The minimum atomic E-state index is -0.449. The predicted molar refractivity (Wildman–Crippen MR) is 82.1 cm³/mol. The van der Waals surface area contributed by atoms with E-state index in [0.29, 0.717) is 13.2 Å². The van der Waals surface area contributed by atoms with E-state index in [9.17, 15) is 4.79 Å². The fourth-order valence-electron chi connectivity index (χ4n) is 3.27. The van der Waals surface area contributed by atoms with Crippen molar-refractivity contribution in [1.29, 1.82) is 0 Å². The lowest BCUT2D eigenvalue weighted by atomic mass is 9.82. The molecule has 4 heteroatoms. The van der Waals surface area contributed by atoms with Crippen molar-refractivity contribution >= 4 is 5.91 Å². The predicted octanol–water partition coefficient (Wildman–Crippen LogP) is 1.81. The van der Waals surface area contributed by atoms with Gasteiger partial charge in [-0.2, -0.15) is 0 Å². The van der Waals surface area contributed by atoms with Crippen LogP contribution in [-0.2, 0) is 16.0 Å². The van der Waals surface area contributed by atoms with Gasteiger partial charge in [0.25, 0.3) is 5.91 Å². The molecule has 1 amide bonds. The number of fused-ring (bicyclic) bond motifs is 1. The number of nitrogens with one attached hydrogen (secondary N) is 2. The zero-order valence-electron chi connectivity index (χ0n) is 12.7. The molecule has 3 rings (SSSR count). The molecule has 0 saturated carbocycles. The first-order valence-corrected chi connectivity index (χ1v) is 7.86. The third kappa shape index (κ3) is 3.27. The van der Waals surface area contributed by atoms with E-state index < -0.39 is 6.10 Å². The standard InChI is InChI=1S/C17H24N2O2/c1-17(8-4-9-18-11-17)12-19-16(20)15-14-6-3-2-5-13(14)7-10-21-15/h2-3,5-6,15,18H,4,7-12H2,1H3,(H,19,20). The van der Waals surface area contributed by atoms with E-state index in [0.717, 1.165) is 31.5 Å². The van der Waals surface area contributed by atoms with Gasteiger partial charge in [0, 0.05) is 13.1 Å². The lowest BCUT2D eigenvalue weighted by Crippen LogP contribution is -2.47. The minimum absolute atomic E-state index is 0.00560. The Balaban J connectivity index is 1.64. The third-order valence-electron chi connectivity index (χ3n) is 4.61. The molecule has 2 aliphatic rings. The van der Waals surface area contributed by atoms with Crippen LogP contribution in [0, 0.1) is 5.41 Å². The van der Waals surface area contributed by atoms with Crippen molar-refractivity contribution in [3.63, 3.8) is 0 Å². The van der Waals surface area contributed by atoms with E-state index in [1.165, 1.54) is 12.0 Å². The molecule has 21 heavy (non-hydrogen) atoms. The van der Waals surface area contributed by atoms with E-state index in [1.54, 1.807) is 0 Å². The Bertz CT molecular complexity index is 509. The van der Waals surface area contributed by atoms with Crippen LogP contribution in [0.2, 0.25) is 0 Å². The van der Waals surface area contributed by atoms with Crippen molar-refractivity contribution in [3.8, 4) is 0 Å². The summed E-state index contributed by atoms with van der Waals surface area (Å²) in [6.07, 6.45) is 2.77. The molecule has 4 nitrogen and oxygen atoms in total. The highest BCUT2D eigenvalue weighted by Crippen LogP contribution is 2.28. The molecule has 1 aromatic rings. The zero-order chi connectivity index (χ0) is 14.7. The first-order valence-electron chi connectivity index (χ1n) is 7.86. The summed E-state index contributed by atoms with van der Waals surface area (Å²) in [5.74, 6) is -0.00560. The number of piperidine rings is 1. The van der Waals surface area contributed by atoms with E-state index in [4.69, 9.17) is 4.74 Å². The summed E-state index contributed by atoms with van der Waals surface area (Å²) in [5, 5.41) is 6.51. The van der Waals surface area contributed by atoms with Gasteiger partial charge in [-0.05, 0) is 42.3 Å². The Morgan fingerprint density at radius 1 is 1.48 bits per heavy atom. The SMILES string of the molecule is CC1(CNC(=O)C2OCCc3ccccc32)CCCNC1. The lowest BCUT2D eigenvalue weighted by Gasteiger charge is -2.35. The molecule has 114 valence electrons. The highest BCUT2D eigenvalue weighted by Gasteiger charge is 2.31. The van der Waals surface area contributed by atoms with Gasteiger partial charge in [-0.1, -0.05) is 31.2 Å². The molecule has 1 fully saturated rings. The van der Waals surface area contributed by atoms with E-state index in [1.807, 2.05) is 18.2 Å². The summed E-state index contributed by atoms with van der Waals surface area (Å²) in [7, 11) is 0. The van der Waals surface area contributed by atoms with Crippen LogP contribution in [-0.4, -0.2) is 32.1 Å². The number of rotatable bonds is 3. The fraction of sp³-hybridized carbons (Fsp3) is 0.588. The van der Waals surface area contributed by atoms with Crippen LogP contribution in [0.3, 0.4) is 0 Å². The summed E-state index contributed by atoms with van der Waals surface area (Å²) >= 11 is 0. The Morgan fingerprint density at radius 2 is 2.33 bits per heavy atom. The van der Waals surface area contributed by atoms with Crippen molar-refractivity contribution in [3.05, 3.63) is 35.4 Å². The largest absolute Gasteiger partial charge is 0.363 e. The molecule has 1 aromatic carbocycles. The molecule has 0 spiro atoms.